The minimum absolute atomic E-state index is 0.0801. The van der Waals surface area contributed by atoms with Crippen molar-refractivity contribution in [3.05, 3.63) is 24.0 Å². The first-order valence-electron chi connectivity index (χ1n) is 4.13. The highest BCUT2D eigenvalue weighted by Gasteiger charge is 2.02. The Morgan fingerprint density at radius 2 is 2.00 bits per heavy atom. The minimum Gasteiger partial charge on any atom is -0.491 e. The Bertz CT molecular complexity index is 286. The molecule has 1 nitrogen and oxygen atoms in total. The topological polar surface area (TPSA) is 9.23 Å². The third-order valence-corrected chi connectivity index (χ3v) is 2.16. The maximum atomic E-state index is 13.0. The average molecular weight is 200 g/mol. The van der Waals surface area contributed by atoms with E-state index in [2.05, 4.69) is 0 Å². The van der Waals surface area contributed by atoms with Crippen LogP contribution in [0.4, 0.5) is 4.39 Å². The molecule has 0 spiro atoms. The fourth-order valence-corrected chi connectivity index (χ4v) is 1.46. The van der Waals surface area contributed by atoms with Gasteiger partial charge < -0.3 is 4.74 Å². The molecule has 0 amide bonds. The summed E-state index contributed by atoms with van der Waals surface area (Å²) in [7, 11) is 0. The van der Waals surface area contributed by atoms with Gasteiger partial charge in [0.1, 0.15) is 11.6 Å². The molecule has 0 aliphatic rings. The molecule has 0 fully saturated rings. The van der Waals surface area contributed by atoms with Crippen molar-refractivity contribution in [3.63, 3.8) is 0 Å². The number of hydrogen-bond acceptors (Lipinski definition) is 2. The Hall–Kier alpha value is -0.700. The van der Waals surface area contributed by atoms with Crippen LogP contribution in [0.5, 0.6) is 5.75 Å². The second kappa shape index (κ2) is 4.51. The summed E-state index contributed by atoms with van der Waals surface area (Å²) in [4.78, 5) is 0.885. The Balaban J connectivity index is 2.88. The average Bonchev–Trinajstić information content (AvgIpc) is 2.01. The molecule has 0 aromatic heterocycles. The van der Waals surface area contributed by atoms with Crippen molar-refractivity contribution >= 4 is 11.8 Å². The highest BCUT2D eigenvalue weighted by atomic mass is 32.2. The first kappa shape index (κ1) is 10.4. The van der Waals surface area contributed by atoms with Gasteiger partial charge in [-0.15, -0.1) is 11.8 Å². The molecule has 0 saturated carbocycles. The lowest BCUT2D eigenvalue weighted by atomic mass is 10.3. The molecule has 0 saturated heterocycles. The Kier molecular flexibility index (Phi) is 3.60. The Morgan fingerprint density at radius 3 is 2.54 bits per heavy atom. The van der Waals surface area contributed by atoms with Gasteiger partial charge in [0.2, 0.25) is 0 Å². The van der Waals surface area contributed by atoms with Crippen LogP contribution < -0.4 is 4.74 Å². The van der Waals surface area contributed by atoms with E-state index in [0.29, 0.717) is 5.75 Å². The minimum atomic E-state index is -0.248. The number of thioether (sulfide) groups is 1. The molecule has 0 N–H and O–H groups in total. The third kappa shape index (κ3) is 3.27. The molecule has 0 aliphatic carbocycles. The fraction of sp³-hybridized carbons (Fsp3) is 0.400. The smallest absolute Gasteiger partial charge is 0.128 e. The molecule has 13 heavy (non-hydrogen) atoms. The zero-order valence-corrected chi connectivity index (χ0v) is 8.82. The van der Waals surface area contributed by atoms with Gasteiger partial charge >= 0.3 is 0 Å². The van der Waals surface area contributed by atoms with E-state index in [4.69, 9.17) is 4.74 Å². The first-order chi connectivity index (χ1) is 6.11. The summed E-state index contributed by atoms with van der Waals surface area (Å²) in [5, 5.41) is 0. The summed E-state index contributed by atoms with van der Waals surface area (Å²) in [6.45, 7) is 3.84. The van der Waals surface area contributed by atoms with Crippen LogP contribution in [0.15, 0.2) is 23.1 Å². The van der Waals surface area contributed by atoms with Crippen LogP contribution >= 0.6 is 11.8 Å². The van der Waals surface area contributed by atoms with Gasteiger partial charge in [-0.05, 0) is 32.2 Å². The van der Waals surface area contributed by atoms with E-state index in [1.165, 1.54) is 23.9 Å². The van der Waals surface area contributed by atoms with Gasteiger partial charge in [-0.3, -0.25) is 0 Å². The van der Waals surface area contributed by atoms with Gasteiger partial charge in [-0.25, -0.2) is 4.39 Å². The summed E-state index contributed by atoms with van der Waals surface area (Å²) in [6.07, 6.45) is 1.99. The van der Waals surface area contributed by atoms with Crippen molar-refractivity contribution in [2.24, 2.45) is 0 Å². The van der Waals surface area contributed by atoms with Crippen LogP contribution in [0.25, 0.3) is 0 Å². The van der Waals surface area contributed by atoms with Crippen LogP contribution in [0.3, 0.4) is 0 Å². The van der Waals surface area contributed by atoms with Crippen LogP contribution in [0, 0.1) is 5.82 Å². The van der Waals surface area contributed by atoms with Crippen LogP contribution in [-0.2, 0) is 0 Å². The normalized spacial score (nSPS) is 10.5. The molecule has 0 radical (unpaired) electrons. The molecule has 1 aromatic carbocycles. The van der Waals surface area contributed by atoms with Gasteiger partial charge in [0, 0.05) is 11.0 Å². The predicted molar refractivity (Wildman–Crippen MR) is 53.9 cm³/mol. The van der Waals surface area contributed by atoms with Crippen LogP contribution in [-0.4, -0.2) is 12.4 Å². The van der Waals surface area contributed by atoms with Crippen LogP contribution in [0.1, 0.15) is 13.8 Å². The molecular formula is C10H13FOS. The van der Waals surface area contributed by atoms with E-state index in [1.807, 2.05) is 26.2 Å². The zero-order valence-electron chi connectivity index (χ0n) is 8.00. The summed E-state index contributed by atoms with van der Waals surface area (Å²) in [5.74, 6) is 0.349. The Labute approximate surface area is 82.3 Å². The summed E-state index contributed by atoms with van der Waals surface area (Å²) in [5.41, 5.74) is 0. The van der Waals surface area contributed by atoms with E-state index in [1.54, 1.807) is 0 Å². The summed E-state index contributed by atoms with van der Waals surface area (Å²) in [6, 6.07) is 4.74. The SMILES string of the molecule is CSc1cc(F)cc(OC(C)C)c1. The van der Waals surface area contributed by atoms with Gasteiger partial charge in [0.05, 0.1) is 6.10 Å². The molecule has 1 rings (SSSR count). The van der Waals surface area contributed by atoms with Gasteiger partial charge in [0.25, 0.3) is 0 Å². The monoisotopic (exact) mass is 200 g/mol. The molecule has 0 atom stereocenters. The van der Waals surface area contributed by atoms with E-state index in [0.717, 1.165) is 4.90 Å². The first-order valence-corrected chi connectivity index (χ1v) is 5.35. The second-order valence-electron chi connectivity index (χ2n) is 2.99. The quantitative estimate of drug-likeness (QED) is 0.692. The summed E-state index contributed by atoms with van der Waals surface area (Å²) >= 11 is 1.50. The molecule has 0 aliphatic heterocycles. The van der Waals surface area contributed by atoms with Crippen molar-refractivity contribution in [2.45, 2.75) is 24.8 Å². The van der Waals surface area contributed by atoms with Gasteiger partial charge in [-0.2, -0.15) is 0 Å². The van der Waals surface area contributed by atoms with Crippen molar-refractivity contribution in [2.75, 3.05) is 6.26 Å². The molecule has 0 heterocycles. The molecule has 72 valence electrons. The lowest BCUT2D eigenvalue weighted by molar-refractivity contribution is 0.241. The van der Waals surface area contributed by atoms with E-state index in [9.17, 15) is 4.39 Å². The van der Waals surface area contributed by atoms with Crippen molar-refractivity contribution in [3.8, 4) is 5.75 Å². The van der Waals surface area contributed by atoms with Crippen molar-refractivity contribution in [1.82, 2.24) is 0 Å². The third-order valence-electron chi connectivity index (χ3n) is 1.45. The molecule has 0 bridgehead atoms. The number of rotatable bonds is 3. The lowest BCUT2D eigenvalue weighted by Gasteiger charge is -2.10. The van der Waals surface area contributed by atoms with Crippen LogP contribution in [0.2, 0.25) is 0 Å². The zero-order chi connectivity index (χ0) is 9.84. The maximum Gasteiger partial charge on any atom is 0.128 e. The maximum absolute atomic E-state index is 13.0. The van der Waals surface area contributed by atoms with Gasteiger partial charge in [-0.1, -0.05) is 0 Å². The second-order valence-corrected chi connectivity index (χ2v) is 3.87. The molecular weight excluding hydrogens is 187 g/mol. The highest BCUT2D eigenvalue weighted by Crippen LogP contribution is 2.23. The largest absolute Gasteiger partial charge is 0.491 e. The van der Waals surface area contributed by atoms with Crippen molar-refractivity contribution < 1.29 is 9.13 Å². The number of halogens is 1. The Morgan fingerprint density at radius 1 is 1.31 bits per heavy atom. The van der Waals surface area contributed by atoms with E-state index in [-0.39, 0.29) is 11.9 Å². The van der Waals surface area contributed by atoms with Gasteiger partial charge in [0.15, 0.2) is 0 Å². The summed E-state index contributed by atoms with van der Waals surface area (Å²) < 4.78 is 18.4. The highest BCUT2D eigenvalue weighted by molar-refractivity contribution is 7.98. The number of benzene rings is 1. The molecule has 3 heteroatoms. The molecule has 0 unspecified atom stereocenters. The van der Waals surface area contributed by atoms with E-state index >= 15 is 0 Å². The number of ether oxygens (including phenoxy) is 1. The fourth-order valence-electron chi connectivity index (χ4n) is 0.995. The van der Waals surface area contributed by atoms with Crippen molar-refractivity contribution in [1.29, 1.82) is 0 Å². The predicted octanol–water partition coefficient (Wildman–Crippen LogP) is 3.33. The lowest BCUT2D eigenvalue weighted by Crippen LogP contribution is -2.05. The van der Waals surface area contributed by atoms with E-state index < -0.39 is 0 Å². The number of hydrogen-bond donors (Lipinski definition) is 0. The molecule has 1 aromatic rings. The standard InChI is InChI=1S/C10H13FOS/c1-7(2)12-9-4-8(11)5-10(6-9)13-3/h4-7H,1-3H3.